The predicted molar refractivity (Wildman–Crippen MR) is 273 cm³/mol. The average Bonchev–Trinajstić information content (AvgIpc) is 3.89. The molecule has 0 radical (unpaired) electrons. The van der Waals surface area contributed by atoms with E-state index in [-0.39, 0.29) is 24.9 Å². The smallest absolute Gasteiger partial charge is 0.252 e. The van der Waals surface area contributed by atoms with Gasteiger partial charge in [0.1, 0.15) is 14.2 Å². The molecule has 2 aliphatic heterocycles. The first kappa shape index (κ1) is 54.5. The number of amides is 2. The Labute approximate surface area is 412 Å². The zero-order valence-corrected chi connectivity index (χ0v) is 43.4. The van der Waals surface area contributed by atoms with E-state index in [1.165, 1.54) is 74.0 Å². The van der Waals surface area contributed by atoms with E-state index in [4.69, 9.17) is 16.3 Å². The Morgan fingerprint density at radius 1 is 0.627 bits per heavy atom. The summed E-state index contributed by atoms with van der Waals surface area (Å²) in [6.07, 6.45) is 15.3. The Balaban J connectivity index is 0.000000251. The first-order chi connectivity index (χ1) is 32.3. The van der Waals surface area contributed by atoms with E-state index in [0.717, 1.165) is 61.4 Å². The zero-order valence-electron chi connectivity index (χ0n) is 39.4. The Kier molecular flexibility index (Phi) is 23.1. The molecule has 13 nitrogen and oxygen atoms in total. The first-order valence-corrected chi connectivity index (χ1v) is 28.8. The molecule has 0 aliphatic carbocycles. The molecule has 2 aliphatic rings. The van der Waals surface area contributed by atoms with Gasteiger partial charge in [0.15, 0.2) is 0 Å². The maximum absolute atomic E-state index is 13.2. The molecule has 6 rings (SSSR count). The van der Waals surface area contributed by atoms with Gasteiger partial charge in [0, 0.05) is 64.2 Å². The van der Waals surface area contributed by atoms with Crippen LogP contribution >= 0.6 is 34.3 Å². The molecule has 0 spiro atoms. The van der Waals surface area contributed by atoms with Gasteiger partial charge in [-0.1, -0.05) is 70.0 Å². The van der Waals surface area contributed by atoms with Crippen LogP contribution in [0.4, 0.5) is 0 Å². The highest BCUT2D eigenvalue weighted by Crippen LogP contribution is 2.29. The molecular weight excluding hydrogens is 948 g/mol. The summed E-state index contributed by atoms with van der Waals surface area (Å²) in [5.74, 6) is 0.172. The molecule has 370 valence electrons. The molecule has 2 amide bonds. The number of nitrogens with one attached hydrogen (secondary N) is 4. The zero-order chi connectivity index (χ0) is 48.1. The summed E-state index contributed by atoms with van der Waals surface area (Å²) in [4.78, 5) is 26.3. The Hall–Kier alpha value is -3.39. The number of benzene rings is 2. The molecule has 2 atom stereocenters. The van der Waals surface area contributed by atoms with Crippen LogP contribution in [-0.2, 0) is 33.1 Å². The van der Waals surface area contributed by atoms with Crippen LogP contribution in [0.15, 0.2) is 81.2 Å². The quantitative estimate of drug-likeness (QED) is 0.0530. The number of hydrogen-bond acceptors (Lipinski definition) is 11. The van der Waals surface area contributed by atoms with Crippen LogP contribution in [0.2, 0.25) is 5.02 Å². The lowest BCUT2D eigenvalue weighted by Crippen LogP contribution is -2.34. The lowest BCUT2D eigenvalue weighted by molar-refractivity contribution is 0.0943. The SMILES string of the molecule is CCCCCCNC1CCCN(S(=O)(=O)c2ccc(CNC(=O)c3ccc(Cl)cc3)s2)CC1.CCCCCCNC1CCCN(S(=O)(=O)c2ccc(CNC(=O)c3cccc(OC)c3)s2)CC1. The Morgan fingerprint density at radius 3 is 1.60 bits per heavy atom. The highest BCUT2D eigenvalue weighted by atomic mass is 35.5. The summed E-state index contributed by atoms with van der Waals surface area (Å²) in [5, 5.41) is 13.5. The van der Waals surface area contributed by atoms with Crippen LogP contribution in [0, 0.1) is 0 Å². The van der Waals surface area contributed by atoms with Crippen molar-refractivity contribution >= 4 is 66.1 Å². The maximum atomic E-state index is 13.2. The van der Waals surface area contributed by atoms with Crippen molar-refractivity contribution < 1.29 is 31.2 Å². The van der Waals surface area contributed by atoms with Crippen molar-refractivity contribution in [3.05, 3.63) is 98.7 Å². The van der Waals surface area contributed by atoms with Crippen molar-refractivity contribution in [3.8, 4) is 5.75 Å². The van der Waals surface area contributed by atoms with Crippen LogP contribution in [0.3, 0.4) is 0 Å². The number of rotatable bonds is 23. The van der Waals surface area contributed by atoms with E-state index < -0.39 is 20.0 Å². The molecule has 2 unspecified atom stereocenters. The van der Waals surface area contributed by atoms with Crippen molar-refractivity contribution in [1.29, 1.82) is 0 Å². The topological polar surface area (TPSA) is 166 Å². The van der Waals surface area contributed by atoms with E-state index >= 15 is 0 Å². The van der Waals surface area contributed by atoms with Gasteiger partial charge in [0.25, 0.3) is 31.9 Å². The number of ether oxygens (including phenoxy) is 1. The average molecular weight is 1020 g/mol. The molecule has 4 aromatic rings. The molecular formula is C49H71ClN6O7S4. The fraction of sp³-hybridized carbons (Fsp3) is 0.551. The monoisotopic (exact) mass is 1020 g/mol. The van der Waals surface area contributed by atoms with Gasteiger partial charge in [-0.05, 0) is 131 Å². The van der Waals surface area contributed by atoms with Crippen LogP contribution in [-0.4, -0.2) is 95.7 Å². The van der Waals surface area contributed by atoms with Crippen molar-refractivity contribution in [3.63, 3.8) is 0 Å². The Morgan fingerprint density at radius 2 is 1.12 bits per heavy atom. The molecule has 18 heteroatoms. The van der Waals surface area contributed by atoms with E-state index in [0.29, 0.717) is 68.6 Å². The van der Waals surface area contributed by atoms with Crippen molar-refractivity contribution in [2.45, 2.75) is 137 Å². The van der Waals surface area contributed by atoms with E-state index in [9.17, 15) is 26.4 Å². The normalized spacial score (nSPS) is 17.4. The molecule has 67 heavy (non-hydrogen) atoms. The second-order valence-electron chi connectivity index (χ2n) is 17.1. The largest absolute Gasteiger partial charge is 0.497 e. The van der Waals surface area contributed by atoms with Gasteiger partial charge in [-0.2, -0.15) is 8.61 Å². The minimum Gasteiger partial charge on any atom is -0.497 e. The maximum Gasteiger partial charge on any atom is 0.252 e. The summed E-state index contributed by atoms with van der Waals surface area (Å²) in [7, 11) is -5.49. The lowest BCUT2D eigenvalue weighted by atomic mass is 10.1. The third-order valence-corrected chi connectivity index (χ3v) is 19.2. The summed E-state index contributed by atoms with van der Waals surface area (Å²) >= 11 is 8.31. The van der Waals surface area contributed by atoms with Crippen LogP contribution in [0.1, 0.15) is 134 Å². The third kappa shape index (κ3) is 17.5. The number of carbonyl (C=O) groups is 2. The number of nitrogens with zero attached hydrogens (tertiary/aromatic N) is 2. The Bertz CT molecular complexity index is 2340. The molecule has 2 fully saturated rings. The van der Waals surface area contributed by atoms with Crippen molar-refractivity contribution in [2.75, 3.05) is 46.4 Å². The minimum atomic E-state index is -3.53. The molecule has 4 heterocycles. The van der Waals surface area contributed by atoms with Gasteiger partial charge >= 0.3 is 0 Å². The second kappa shape index (κ2) is 28.3. The predicted octanol–water partition coefficient (Wildman–Crippen LogP) is 9.44. The van der Waals surface area contributed by atoms with Gasteiger partial charge in [-0.25, -0.2) is 16.8 Å². The molecule has 2 aromatic carbocycles. The standard InChI is InChI=1S/C25H37N3O4S2.C24H34ClN3O3S2/c1-3-4-5-6-15-26-21-10-8-16-28(17-14-21)34(30,31)24-13-12-23(33-24)19-27-25(29)20-9-7-11-22(18-20)32-2;1-2-3-4-5-15-26-21-7-6-16-28(17-14-21)33(30,31)23-13-12-22(32-23)18-27-24(29)19-8-10-20(25)11-9-19/h7,9,11-13,18,21,26H,3-6,8,10,14-17,19H2,1-2H3,(H,27,29);8-13,21,26H,2-7,14-18H2,1H3,(H,27,29). The molecule has 0 bridgehead atoms. The number of methoxy groups -OCH3 is 1. The molecule has 0 saturated carbocycles. The van der Waals surface area contributed by atoms with Crippen molar-refractivity contribution in [1.82, 2.24) is 29.9 Å². The summed E-state index contributed by atoms with van der Waals surface area (Å²) in [6, 6.07) is 21.2. The lowest BCUT2D eigenvalue weighted by Gasteiger charge is -2.19. The van der Waals surface area contributed by atoms with E-state index in [1.807, 2.05) is 0 Å². The van der Waals surface area contributed by atoms with Gasteiger partial charge in [0.2, 0.25) is 0 Å². The number of thiophene rings is 2. The van der Waals surface area contributed by atoms with E-state index in [2.05, 4.69) is 35.1 Å². The molecule has 2 saturated heterocycles. The summed E-state index contributed by atoms with van der Waals surface area (Å²) in [5.41, 5.74) is 1.02. The van der Waals surface area contributed by atoms with Gasteiger partial charge in [-0.3, -0.25) is 9.59 Å². The van der Waals surface area contributed by atoms with Gasteiger partial charge < -0.3 is 26.0 Å². The molecule has 4 N–H and O–H groups in total. The highest BCUT2D eigenvalue weighted by molar-refractivity contribution is 7.91. The first-order valence-electron chi connectivity index (χ1n) is 23.9. The number of carbonyl (C=O) groups excluding carboxylic acids is 2. The van der Waals surface area contributed by atoms with Crippen LogP contribution in [0.25, 0.3) is 0 Å². The molecule has 2 aromatic heterocycles. The fourth-order valence-corrected chi connectivity index (χ4v) is 14.1. The number of hydrogen-bond donors (Lipinski definition) is 4. The number of sulfonamides is 2. The van der Waals surface area contributed by atoms with Gasteiger partial charge in [0.05, 0.1) is 20.2 Å². The van der Waals surface area contributed by atoms with Crippen molar-refractivity contribution in [2.24, 2.45) is 0 Å². The highest BCUT2D eigenvalue weighted by Gasteiger charge is 2.30. The summed E-state index contributed by atoms with van der Waals surface area (Å²) < 4.78 is 62.0. The number of unbranched alkanes of at least 4 members (excludes halogenated alkanes) is 6. The van der Waals surface area contributed by atoms with Crippen LogP contribution < -0.4 is 26.0 Å². The minimum absolute atomic E-state index is 0.217. The summed E-state index contributed by atoms with van der Waals surface area (Å²) in [6.45, 7) is 9.17. The van der Waals surface area contributed by atoms with E-state index in [1.54, 1.807) is 88.5 Å². The fourth-order valence-electron chi connectivity index (χ4n) is 8.09. The van der Waals surface area contributed by atoms with Crippen LogP contribution in [0.5, 0.6) is 5.75 Å². The number of halogens is 1. The second-order valence-corrected chi connectivity index (χ2v) is 24.2. The van der Waals surface area contributed by atoms with Gasteiger partial charge in [-0.15, -0.1) is 22.7 Å². The third-order valence-electron chi connectivity index (χ3n) is 12.0.